The Kier molecular flexibility index (Phi) is 8.61. The van der Waals surface area contributed by atoms with Gasteiger partial charge in [0.1, 0.15) is 6.33 Å². The maximum atomic E-state index is 10.6. The molecule has 0 bridgehead atoms. The number of ether oxygens (including phenoxy) is 1. The summed E-state index contributed by atoms with van der Waals surface area (Å²) in [7, 11) is 1.91. The molecule has 1 saturated heterocycles. The van der Waals surface area contributed by atoms with Gasteiger partial charge in [-0.3, -0.25) is 4.68 Å². The Bertz CT molecular complexity index is 1680. The van der Waals surface area contributed by atoms with Crippen molar-refractivity contribution in [2.24, 2.45) is 7.05 Å². The van der Waals surface area contributed by atoms with Crippen LogP contribution in [0.4, 0.5) is 30.8 Å². The van der Waals surface area contributed by atoms with E-state index in [2.05, 4.69) is 42.5 Å². The maximum Gasteiger partial charge on any atom is 0.490 e. The van der Waals surface area contributed by atoms with Crippen molar-refractivity contribution in [3.63, 3.8) is 0 Å². The molecule has 2 N–H and O–H groups in total. The molecule has 4 heterocycles. The number of benzene rings is 2. The smallest absolute Gasteiger partial charge is 0.475 e. The standard InChI is InChI=1S/C26H25N9O.C2HF3O2/c1-33-17-19(16-29-33)22-4-2-3-5-23(22)24-10-11-27-25(31-24)30-20-6-8-21(9-7-20)35-18-28-26(32-35)34-12-14-36-15-13-34;3-2(4,5)1(6)7/h2-11,16-18H,12-15H2,1H3,(H,27,30,31);(H,6,7). The van der Waals surface area contributed by atoms with E-state index >= 15 is 0 Å². The molecule has 1 fully saturated rings. The van der Waals surface area contributed by atoms with Gasteiger partial charge >= 0.3 is 12.1 Å². The third-order valence-electron chi connectivity index (χ3n) is 6.28. The van der Waals surface area contributed by atoms with E-state index in [0.717, 1.165) is 52.8 Å². The first-order chi connectivity index (χ1) is 20.7. The van der Waals surface area contributed by atoms with Crippen LogP contribution in [0.3, 0.4) is 0 Å². The molecule has 0 amide bonds. The molecule has 43 heavy (non-hydrogen) atoms. The summed E-state index contributed by atoms with van der Waals surface area (Å²) in [6.07, 6.45) is 2.28. The quantitative estimate of drug-likeness (QED) is 0.293. The van der Waals surface area contributed by atoms with Crippen LogP contribution in [0.2, 0.25) is 0 Å². The van der Waals surface area contributed by atoms with Gasteiger partial charge in [-0.2, -0.15) is 23.3 Å². The van der Waals surface area contributed by atoms with Crippen LogP contribution >= 0.6 is 0 Å². The van der Waals surface area contributed by atoms with Crippen LogP contribution in [0.1, 0.15) is 0 Å². The highest BCUT2D eigenvalue weighted by Crippen LogP contribution is 2.31. The lowest BCUT2D eigenvalue weighted by Crippen LogP contribution is -2.37. The molecule has 2 aromatic carbocycles. The molecule has 0 unspecified atom stereocenters. The zero-order chi connectivity index (χ0) is 30.4. The fourth-order valence-electron chi connectivity index (χ4n) is 4.20. The summed E-state index contributed by atoms with van der Waals surface area (Å²) in [4.78, 5) is 24.7. The third kappa shape index (κ3) is 7.32. The summed E-state index contributed by atoms with van der Waals surface area (Å²) in [5.74, 6) is -1.51. The van der Waals surface area contributed by atoms with Crippen LogP contribution in [-0.2, 0) is 16.6 Å². The number of nitrogens with one attached hydrogen (secondary N) is 1. The summed E-state index contributed by atoms with van der Waals surface area (Å²) >= 11 is 0. The van der Waals surface area contributed by atoms with Gasteiger partial charge < -0.3 is 20.1 Å². The van der Waals surface area contributed by atoms with E-state index in [1.807, 2.05) is 61.9 Å². The topological polar surface area (TPSA) is 136 Å². The van der Waals surface area contributed by atoms with Gasteiger partial charge in [-0.15, -0.1) is 5.10 Å². The van der Waals surface area contributed by atoms with Gasteiger partial charge in [0, 0.05) is 49.3 Å². The molecule has 5 aromatic rings. The number of carboxylic acids is 1. The molecule has 1 aliphatic heterocycles. The normalized spacial score (nSPS) is 13.3. The van der Waals surface area contributed by atoms with Crippen molar-refractivity contribution in [2.45, 2.75) is 6.18 Å². The minimum absolute atomic E-state index is 0.525. The first kappa shape index (κ1) is 29.2. The molecular formula is C28H26F3N9O3. The average molecular weight is 594 g/mol. The van der Waals surface area contributed by atoms with Gasteiger partial charge in [-0.25, -0.2) is 19.4 Å². The number of aromatic nitrogens is 7. The summed E-state index contributed by atoms with van der Waals surface area (Å²) in [5, 5.41) is 19.4. The second kappa shape index (κ2) is 12.7. The van der Waals surface area contributed by atoms with E-state index in [-0.39, 0.29) is 0 Å². The van der Waals surface area contributed by atoms with Gasteiger partial charge in [0.2, 0.25) is 11.9 Å². The number of carboxylic acid groups (broad SMARTS) is 1. The molecule has 15 heteroatoms. The van der Waals surface area contributed by atoms with Gasteiger partial charge in [0.05, 0.1) is 30.8 Å². The van der Waals surface area contributed by atoms with Crippen LogP contribution in [-0.4, -0.2) is 78.1 Å². The lowest BCUT2D eigenvalue weighted by Gasteiger charge is -2.25. The second-order valence-electron chi connectivity index (χ2n) is 9.28. The fraction of sp³-hybridized carbons (Fsp3) is 0.214. The lowest BCUT2D eigenvalue weighted by molar-refractivity contribution is -0.192. The second-order valence-corrected chi connectivity index (χ2v) is 9.28. The van der Waals surface area contributed by atoms with Crippen molar-refractivity contribution in [3.05, 3.63) is 79.5 Å². The van der Waals surface area contributed by atoms with Gasteiger partial charge in [0.25, 0.3) is 0 Å². The molecule has 0 aliphatic carbocycles. The molecule has 222 valence electrons. The molecular weight excluding hydrogens is 567 g/mol. The molecule has 6 rings (SSSR count). The number of halogens is 3. The van der Waals surface area contributed by atoms with Gasteiger partial charge in [0.15, 0.2) is 0 Å². The van der Waals surface area contributed by atoms with E-state index in [4.69, 9.17) is 19.6 Å². The number of alkyl halides is 3. The van der Waals surface area contributed by atoms with E-state index in [9.17, 15) is 13.2 Å². The van der Waals surface area contributed by atoms with E-state index < -0.39 is 12.1 Å². The first-order valence-electron chi connectivity index (χ1n) is 13.0. The summed E-state index contributed by atoms with van der Waals surface area (Å²) in [6, 6.07) is 18.0. The molecule has 1 aliphatic rings. The number of nitrogens with zero attached hydrogens (tertiary/aromatic N) is 8. The summed E-state index contributed by atoms with van der Waals surface area (Å²) < 4.78 is 40.7. The third-order valence-corrected chi connectivity index (χ3v) is 6.28. The van der Waals surface area contributed by atoms with Crippen LogP contribution in [0.15, 0.2) is 79.5 Å². The maximum absolute atomic E-state index is 10.6. The van der Waals surface area contributed by atoms with Crippen molar-refractivity contribution in [1.29, 1.82) is 0 Å². The number of rotatable bonds is 6. The molecule has 0 radical (unpaired) electrons. The van der Waals surface area contributed by atoms with Crippen molar-refractivity contribution in [3.8, 4) is 28.1 Å². The van der Waals surface area contributed by atoms with Crippen molar-refractivity contribution >= 4 is 23.6 Å². The zero-order valence-corrected chi connectivity index (χ0v) is 22.8. The number of aryl methyl sites for hydroxylation is 1. The van der Waals surface area contributed by atoms with Crippen molar-refractivity contribution < 1.29 is 27.8 Å². The van der Waals surface area contributed by atoms with Crippen LogP contribution in [0.25, 0.3) is 28.1 Å². The first-order valence-corrected chi connectivity index (χ1v) is 13.0. The number of morpholine rings is 1. The molecule has 12 nitrogen and oxygen atoms in total. The Morgan fingerprint density at radius 1 is 1.00 bits per heavy atom. The number of hydrogen-bond donors (Lipinski definition) is 2. The van der Waals surface area contributed by atoms with Gasteiger partial charge in [-0.05, 0) is 35.9 Å². The largest absolute Gasteiger partial charge is 0.490 e. The Morgan fingerprint density at radius 2 is 1.70 bits per heavy atom. The Morgan fingerprint density at radius 3 is 2.35 bits per heavy atom. The van der Waals surface area contributed by atoms with Crippen molar-refractivity contribution in [1.82, 2.24) is 34.5 Å². The fourth-order valence-corrected chi connectivity index (χ4v) is 4.20. The number of aliphatic carboxylic acids is 1. The van der Waals surface area contributed by atoms with Crippen LogP contribution in [0, 0.1) is 0 Å². The molecule has 0 spiro atoms. The highest BCUT2D eigenvalue weighted by molar-refractivity contribution is 5.81. The highest BCUT2D eigenvalue weighted by atomic mass is 19.4. The van der Waals surface area contributed by atoms with Crippen LogP contribution in [0.5, 0.6) is 0 Å². The monoisotopic (exact) mass is 593 g/mol. The Labute approximate surface area is 243 Å². The summed E-state index contributed by atoms with van der Waals surface area (Å²) in [6.45, 7) is 3.01. The molecule has 3 aromatic heterocycles. The molecule has 0 atom stereocenters. The van der Waals surface area contributed by atoms with Crippen LogP contribution < -0.4 is 10.2 Å². The highest BCUT2D eigenvalue weighted by Gasteiger charge is 2.38. The van der Waals surface area contributed by atoms with E-state index in [1.54, 1.807) is 21.9 Å². The number of carbonyl (C=O) groups is 1. The predicted octanol–water partition coefficient (Wildman–Crippen LogP) is 4.34. The Balaban J connectivity index is 0.000000472. The average Bonchev–Trinajstić information content (AvgIpc) is 3.68. The minimum atomic E-state index is -5.08. The molecule has 0 saturated carbocycles. The van der Waals surface area contributed by atoms with Gasteiger partial charge in [-0.1, -0.05) is 24.3 Å². The van der Waals surface area contributed by atoms with E-state index in [0.29, 0.717) is 19.2 Å². The minimum Gasteiger partial charge on any atom is -0.475 e. The number of hydrogen-bond acceptors (Lipinski definition) is 9. The van der Waals surface area contributed by atoms with Crippen molar-refractivity contribution in [2.75, 3.05) is 36.5 Å². The predicted molar refractivity (Wildman–Crippen MR) is 151 cm³/mol. The summed E-state index contributed by atoms with van der Waals surface area (Å²) in [5.41, 5.74) is 5.78. The zero-order valence-electron chi connectivity index (χ0n) is 22.8. The lowest BCUT2D eigenvalue weighted by atomic mass is 10.00. The van der Waals surface area contributed by atoms with E-state index in [1.165, 1.54) is 0 Å². The Hall–Kier alpha value is -5.31. The SMILES string of the molecule is Cn1cc(-c2ccccc2-c2ccnc(Nc3ccc(-n4cnc(N5CCOCC5)n4)cc3)n2)cn1.O=C(O)C(F)(F)F. The number of anilines is 3.